The van der Waals surface area contributed by atoms with Crippen LogP contribution < -0.4 is 10.3 Å². The van der Waals surface area contributed by atoms with Crippen molar-refractivity contribution in [3.63, 3.8) is 0 Å². The van der Waals surface area contributed by atoms with Crippen LogP contribution in [0.4, 0.5) is 5.69 Å². The van der Waals surface area contributed by atoms with Crippen molar-refractivity contribution in [2.24, 2.45) is 0 Å². The van der Waals surface area contributed by atoms with Crippen molar-refractivity contribution in [3.8, 4) is 11.4 Å². The molecule has 5 rings (SSSR count). The minimum absolute atomic E-state index is 0.141. The van der Waals surface area contributed by atoms with E-state index < -0.39 is 10.0 Å². The van der Waals surface area contributed by atoms with Gasteiger partial charge in [-0.3, -0.25) is 14.3 Å². The number of aromatic amines is 1. The molecule has 9 heteroatoms. The Morgan fingerprint density at radius 3 is 2.70 bits per heavy atom. The Balaban J connectivity index is 1.41. The summed E-state index contributed by atoms with van der Waals surface area (Å²) in [5.41, 5.74) is 3.25. The second kappa shape index (κ2) is 6.81. The van der Waals surface area contributed by atoms with Gasteiger partial charge in [0, 0.05) is 24.1 Å². The Kier molecular flexibility index (Phi) is 4.21. The Bertz CT molecular complexity index is 1330. The summed E-state index contributed by atoms with van der Waals surface area (Å²) in [5.74, 6) is 0.142. The molecule has 3 heterocycles. The molecule has 2 aliphatic heterocycles. The topological polar surface area (TPSA) is 112 Å². The summed E-state index contributed by atoms with van der Waals surface area (Å²) in [7, 11) is -3.37. The Morgan fingerprint density at radius 1 is 1.10 bits per heavy atom. The van der Waals surface area contributed by atoms with E-state index in [-0.39, 0.29) is 23.8 Å². The SMILES string of the molecule is O=C(c1ccc2c(c1)CS(=O)(=O)N2)N1CCc2nc(-c3ccccc3)[nH]c(=O)c2C1. The summed E-state index contributed by atoms with van der Waals surface area (Å²) < 4.78 is 25.9. The number of hydrogen-bond donors (Lipinski definition) is 2. The highest BCUT2D eigenvalue weighted by molar-refractivity contribution is 7.92. The third-order valence-electron chi connectivity index (χ3n) is 5.37. The molecule has 0 saturated heterocycles. The molecular weight excluding hydrogens is 404 g/mol. The van der Waals surface area contributed by atoms with E-state index in [1.165, 1.54) is 0 Å². The van der Waals surface area contributed by atoms with Crippen molar-refractivity contribution in [1.29, 1.82) is 0 Å². The fourth-order valence-electron chi connectivity index (χ4n) is 3.87. The van der Waals surface area contributed by atoms with Crippen LogP contribution >= 0.6 is 0 Å². The predicted molar refractivity (Wildman–Crippen MR) is 111 cm³/mol. The van der Waals surface area contributed by atoms with Crippen LogP contribution in [0.3, 0.4) is 0 Å². The predicted octanol–water partition coefficient (Wildman–Crippen LogP) is 1.89. The van der Waals surface area contributed by atoms with Crippen molar-refractivity contribution in [2.45, 2.75) is 18.7 Å². The molecule has 3 aromatic rings. The average Bonchev–Trinajstić information content (AvgIpc) is 3.06. The summed E-state index contributed by atoms with van der Waals surface area (Å²) >= 11 is 0. The fourth-order valence-corrected chi connectivity index (χ4v) is 5.12. The van der Waals surface area contributed by atoms with Gasteiger partial charge in [-0.25, -0.2) is 13.4 Å². The molecule has 1 amide bonds. The summed E-state index contributed by atoms with van der Waals surface area (Å²) in [6.45, 7) is 0.601. The number of sulfonamides is 1. The molecule has 0 saturated carbocycles. The maximum atomic E-state index is 13.0. The number of nitrogens with one attached hydrogen (secondary N) is 2. The highest BCUT2D eigenvalue weighted by atomic mass is 32.2. The number of anilines is 1. The molecule has 2 aromatic carbocycles. The quantitative estimate of drug-likeness (QED) is 0.655. The van der Waals surface area contributed by atoms with Crippen LogP contribution in [0.25, 0.3) is 11.4 Å². The first-order valence-electron chi connectivity index (χ1n) is 9.50. The second-order valence-electron chi connectivity index (χ2n) is 7.42. The first-order valence-corrected chi connectivity index (χ1v) is 11.1. The van der Waals surface area contributed by atoms with Gasteiger partial charge >= 0.3 is 0 Å². The molecule has 30 heavy (non-hydrogen) atoms. The Hall–Kier alpha value is -3.46. The maximum absolute atomic E-state index is 13.0. The molecule has 8 nitrogen and oxygen atoms in total. The van der Waals surface area contributed by atoms with Crippen LogP contribution in [0.15, 0.2) is 53.3 Å². The van der Waals surface area contributed by atoms with E-state index in [1.807, 2.05) is 30.3 Å². The molecule has 152 valence electrons. The van der Waals surface area contributed by atoms with E-state index in [2.05, 4.69) is 14.7 Å². The summed E-state index contributed by atoms with van der Waals surface area (Å²) in [4.78, 5) is 34.7. The van der Waals surface area contributed by atoms with Crippen molar-refractivity contribution in [3.05, 3.63) is 81.3 Å². The molecule has 0 aliphatic carbocycles. The van der Waals surface area contributed by atoms with Crippen molar-refractivity contribution in [1.82, 2.24) is 14.9 Å². The lowest BCUT2D eigenvalue weighted by molar-refractivity contribution is 0.0732. The molecular formula is C21H18N4O4S. The van der Waals surface area contributed by atoms with Crippen molar-refractivity contribution in [2.75, 3.05) is 11.3 Å². The fraction of sp³-hybridized carbons (Fsp3) is 0.190. The van der Waals surface area contributed by atoms with E-state index in [9.17, 15) is 18.0 Å². The number of carbonyl (C=O) groups excluding carboxylic acids is 1. The van der Waals surface area contributed by atoms with E-state index in [0.717, 1.165) is 5.56 Å². The van der Waals surface area contributed by atoms with Crippen molar-refractivity contribution >= 4 is 21.6 Å². The zero-order chi connectivity index (χ0) is 20.9. The van der Waals surface area contributed by atoms with Gasteiger partial charge in [-0.15, -0.1) is 0 Å². The van der Waals surface area contributed by atoms with Gasteiger partial charge in [0.15, 0.2) is 0 Å². The maximum Gasteiger partial charge on any atom is 0.256 e. The third-order valence-corrected chi connectivity index (χ3v) is 6.59. The van der Waals surface area contributed by atoms with Crippen LogP contribution in [0.5, 0.6) is 0 Å². The molecule has 0 bridgehead atoms. The molecule has 0 fully saturated rings. The lowest BCUT2D eigenvalue weighted by Gasteiger charge is -2.28. The average molecular weight is 422 g/mol. The lowest BCUT2D eigenvalue weighted by atomic mass is 10.0. The van der Waals surface area contributed by atoms with Gasteiger partial charge in [-0.2, -0.15) is 0 Å². The van der Waals surface area contributed by atoms with Gasteiger partial charge in [0.1, 0.15) is 5.82 Å². The van der Waals surface area contributed by atoms with Gasteiger partial charge in [-0.05, 0) is 23.8 Å². The normalized spacial score (nSPS) is 16.5. The van der Waals surface area contributed by atoms with E-state index in [1.54, 1.807) is 23.1 Å². The van der Waals surface area contributed by atoms with Gasteiger partial charge in [0.05, 0.1) is 29.2 Å². The number of amides is 1. The second-order valence-corrected chi connectivity index (χ2v) is 9.14. The minimum Gasteiger partial charge on any atom is -0.334 e. The lowest BCUT2D eigenvalue weighted by Crippen LogP contribution is -2.39. The van der Waals surface area contributed by atoms with Crippen LogP contribution in [0, 0.1) is 0 Å². The summed E-state index contributed by atoms with van der Waals surface area (Å²) in [5, 5.41) is 0. The summed E-state index contributed by atoms with van der Waals surface area (Å²) in [6, 6.07) is 14.2. The number of nitrogens with zero attached hydrogens (tertiary/aromatic N) is 2. The molecule has 0 atom stereocenters. The number of fused-ring (bicyclic) bond motifs is 2. The minimum atomic E-state index is -3.37. The zero-order valence-corrected chi connectivity index (χ0v) is 16.7. The van der Waals surface area contributed by atoms with Gasteiger partial charge in [0.2, 0.25) is 10.0 Å². The highest BCUT2D eigenvalue weighted by Gasteiger charge is 2.28. The van der Waals surface area contributed by atoms with E-state index in [0.29, 0.717) is 46.9 Å². The molecule has 2 N–H and O–H groups in total. The number of carbonyl (C=O) groups is 1. The zero-order valence-electron chi connectivity index (χ0n) is 15.9. The highest BCUT2D eigenvalue weighted by Crippen LogP contribution is 2.28. The first-order chi connectivity index (χ1) is 14.4. The number of benzene rings is 2. The van der Waals surface area contributed by atoms with E-state index in [4.69, 9.17) is 0 Å². The monoisotopic (exact) mass is 422 g/mol. The number of aromatic nitrogens is 2. The Morgan fingerprint density at radius 2 is 1.90 bits per heavy atom. The number of hydrogen-bond acceptors (Lipinski definition) is 5. The largest absolute Gasteiger partial charge is 0.334 e. The van der Waals surface area contributed by atoms with Gasteiger partial charge in [0.25, 0.3) is 11.5 Å². The Labute approximate surface area is 172 Å². The molecule has 0 unspecified atom stereocenters. The van der Waals surface area contributed by atoms with Crippen LogP contribution in [0.2, 0.25) is 0 Å². The molecule has 0 spiro atoms. The third kappa shape index (κ3) is 3.26. The van der Waals surface area contributed by atoms with Gasteiger partial charge < -0.3 is 9.88 Å². The number of rotatable bonds is 2. The van der Waals surface area contributed by atoms with Gasteiger partial charge in [-0.1, -0.05) is 30.3 Å². The van der Waals surface area contributed by atoms with Crippen LogP contribution in [-0.4, -0.2) is 35.7 Å². The summed E-state index contributed by atoms with van der Waals surface area (Å²) in [6.07, 6.45) is 0.478. The first kappa shape index (κ1) is 18.6. The smallest absolute Gasteiger partial charge is 0.256 e. The molecule has 2 aliphatic rings. The van der Waals surface area contributed by atoms with Crippen LogP contribution in [0.1, 0.15) is 27.2 Å². The number of H-pyrrole nitrogens is 1. The van der Waals surface area contributed by atoms with Crippen LogP contribution in [-0.2, 0) is 28.7 Å². The molecule has 0 radical (unpaired) electrons. The standard InChI is InChI=1S/C21H18N4O4S/c26-20-16-11-25(9-8-18(16)22-19(23-20)13-4-2-1-3-5-13)21(27)14-6-7-17-15(10-14)12-30(28,29)24-17/h1-7,10,24H,8-9,11-12H2,(H,22,23,26). The van der Waals surface area contributed by atoms with Crippen molar-refractivity contribution < 1.29 is 13.2 Å². The van der Waals surface area contributed by atoms with E-state index >= 15 is 0 Å². The molecule has 1 aromatic heterocycles.